The first-order valence-electron chi connectivity index (χ1n) is 5.66. The van der Waals surface area contributed by atoms with Crippen molar-refractivity contribution in [2.75, 3.05) is 0 Å². The highest BCUT2D eigenvalue weighted by atomic mass is 32.1. The minimum Gasteiger partial charge on any atom is -0.273 e. The van der Waals surface area contributed by atoms with Crippen molar-refractivity contribution in [1.82, 2.24) is 9.13 Å². The number of nitrogens with zero attached hydrogens (tertiary/aromatic N) is 2. The van der Waals surface area contributed by atoms with Crippen molar-refractivity contribution in [2.45, 2.75) is 13.1 Å². The average Bonchev–Trinajstić information content (AvgIpc) is 2.82. The molecule has 3 heterocycles. The zero-order valence-corrected chi connectivity index (χ0v) is 11.8. The van der Waals surface area contributed by atoms with Crippen LogP contribution in [0.4, 0.5) is 0 Å². The Labute approximate surface area is 119 Å². The molecule has 0 atom stereocenters. The molecule has 0 spiro atoms. The van der Waals surface area contributed by atoms with Gasteiger partial charge in [0.1, 0.15) is 18.8 Å². The molecule has 2 radical (unpaired) electrons. The van der Waals surface area contributed by atoms with Crippen LogP contribution in [0.15, 0.2) is 19.2 Å². The van der Waals surface area contributed by atoms with Crippen LogP contribution in [0.2, 0.25) is 0 Å². The van der Waals surface area contributed by atoms with E-state index in [1.165, 1.54) is 0 Å². The van der Waals surface area contributed by atoms with E-state index in [4.69, 9.17) is 0 Å². The molecule has 102 valence electrons. The van der Waals surface area contributed by atoms with E-state index in [0.29, 0.717) is 0 Å². The molecule has 8 heteroatoms. The Morgan fingerprint density at radius 1 is 0.650 bits per heavy atom. The summed E-state index contributed by atoms with van der Waals surface area (Å²) in [6.07, 6.45) is 0. The van der Waals surface area contributed by atoms with Gasteiger partial charge in [0, 0.05) is 13.1 Å². The van der Waals surface area contributed by atoms with Gasteiger partial charge in [-0.1, -0.05) is 0 Å². The Kier molecular flexibility index (Phi) is 2.87. The SMILES string of the molecule is [CH2]Cn1c(=O)c2sc3c(=O)n(C[CH2])c(=O)c3sc2c1=O. The maximum Gasteiger partial charge on any atom is 0.272 e. The molecular weight excluding hydrogens is 300 g/mol. The molecule has 3 aromatic heterocycles. The topological polar surface area (TPSA) is 78.1 Å². The normalized spacial score (nSPS) is 11.7. The quantitative estimate of drug-likeness (QED) is 0.680. The lowest BCUT2D eigenvalue weighted by Crippen LogP contribution is -2.24. The Morgan fingerprint density at radius 3 is 1.10 bits per heavy atom. The van der Waals surface area contributed by atoms with E-state index in [1.54, 1.807) is 0 Å². The lowest BCUT2D eigenvalue weighted by atomic mass is 10.6. The Morgan fingerprint density at radius 2 is 0.900 bits per heavy atom. The van der Waals surface area contributed by atoms with Gasteiger partial charge < -0.3 is 0 Å². The average molecular weight is 308 g/mol. The van der Waals surface area contributed by atoms with E-state index >= 15 is 0 Å². The first-order valence-corrected chi connectivity index (χ1v) is 7.29. The van der Waals surface area contributed by atoms with Crippen LogP contribution in [0.3, 0.4) is 0 Å². The molecule has 0 saturated carbocycles. The summed E-state index contributed by atoms with van der Waals surface area (Å²) in [5.41, 5.74) is -1.84. The second kappa shape index (κ2) is 4.35. The molecule has 0 aliphatic carbocycles. The number of hydrogen-bond donors (Lipinski definition) is 0. The molecule has 0 bridgehead atoms. The maximum atomic E-state index is 12.0. The van der Waals surface area contributed by atoms with Gasteiger partial charge in [0.2, 0.25) is 0 Å². The Balaban J connectivity index is 2.64. The lowest BCUT2D eigenvalue weighted by Gasteiger charge is -1.88. The van der Waals surface area contributed by atoms with Crippen molar-refractivity contribution in [2.24, 2.45) is 0 Å². The molecule has 20 heavy (non-hydrogen) atoms. The third kappa shape index (κ3) is 1.49. The molecule has 3 aromatic rings. The summed E-state index contributed by atoms with van der Waals surface area (Å²) < 4.78 is 2.81. The molecule has 0 saturated heterocycles. The van der Waals surface area contributed by atoms with Gasteiger partial charge in [-0.25, -0.2) is 0 Å². The van der Waals surface area contributed by atoms with E-state index in [9.17, 15) is 19.2 Å². The summed E-state index contributed by atoms with van der Waals surface area (Å²) in [6, 6.07) is 0. The van der Waals surface area contributed by atoms with E-state index in [-0.39, 0.29) is 31.9 Å². The van der Waals surface area contributed by atoms with Crippen LogP contribution in [0, 0.1) is 13.8 Å². The van der Waals surface area contributed by atoms with E-state index in [1.807, 2.05) is 0 Å². The van der Waals surface area contributed by atoms with Crippen LogP contribution in [0.25, 0.3) is 18.8 Å². The molecule has 6 nitrogen and oxygen atoms in total. The standard InChI is InChI=1S/C12H8N2O4S2/c1-3-13-9(15)5-6(10(13)16)20-8-7(19-5)11(17)14(4-2)12(8)18/h1-4H2. The van der Waals surface area contributed by atoms with Crippen LogP contribution in [0.5, 0.6) is 0 Å². The Bertz CT molecular complexity index is 893. The third-order valence-corrected chi connectivity index (χ3v) is 5.62. The first-order chi connectivity index (χ1) is 9.51. The fourth-order valence-corrected chi connectivity index (χ4v) is 4.45. The van der Waals surface area contributed by atoms with E-state index in [2.05, 4.69) is 13.8 Å². The number of hydrogen-bond acceptors (Lipinski definition) is 6. The highest BCUT2D eigenvalue weighted by Gasteiger charge is 2.20. The second-order valence-electron chi connectivity index (χ2n) is 4.04. The minimum absolute atomic E-state index is 0.0172. The van der Waals surface area contributed by atoms with Crippen LogP contribution >= 0.6 is 22.7 Å². The summed E-state index contributed by atoms with van der Waals surface area (Å²) in [7, 11) is 0. The predicted octanol–water partition coefficient (Wildman–Crippen LogP) is 0.266. The van der Waals surface area contributed by atoms with E-state index in [0.717, 1.165) is 31.8 Å². The summed E-state index contributed by atoms with van der Waals surface area (Å²) in [5, 5.41) is 0. The van der Waals surface area contributed by atoms with E-state index < -0.39 is 22.2 Å². The molecule has 0 fully saturated rings. The van der Waals surface area contributed by atoms with Gasteiger partial charge in [-0.3, -0.25) is 28.3 Å². The second-order valence-corrected chi connectivity index (χ2v) is 6.09. The highest BCUT2D eigenvalue weighted by Crippen LogP contribution is 2.25. The van der Waals surface area contributed by atoms with Gasteiger partial charge in [0.05, 0.1) is 0 Å². The lowest BCUT2D eigenvalue weighted by molar-refractivity contribution is 0.772. The highest BCUT2D eigenvalue weighted by molar-refractivity contribution is 7.36. The summed E-state index contributed by atoms with van der Waals surface area (Å²) in [4.78, 5) is 48.1. The van der Waals surface area contributed by atoms with Crippen molar-refractivity contribution < 1.29 is 0 Å². The first kappa shape index (κ1) is 13.2. The monoisotopic (exact) mass is 308 g/mol. The van der Waals surface area contributed by atoms with Crippen molar-refractivity contribution in [3.8, 4) is 0 Å². The summed E-state index contributed by atoms with van der Waals surface area (Å²) in [5.74, 6) is 0. The van der Waals surface area contributed by atoms with Crippen molar-refractivity contribution in [1.29, 1.82) is 0 Å². The minimum atomic E-state index is -0.461. The molecule has 0 aliphatic rings. The zero-order chi connectivity index (χ0) is 14.6. The van der Waals surface area contributed by atoms with Gasteiger partial charge >= 0.3 is 0 Å². The van der Waals surface area contributed by atoms with Crippen LogP contribution in [0.1, 0.15) is 0 Å². The molecule has 0 aliphatic heterocycles. The molecule has 0 unspecified atom stereocenters. The van der Waals surface area contributed by atoms with Crippen molar-refractivity contribution in [3.05, 3.63) is 55.3 Å². The third-order valence-electron chi connectivity index (χ3n) is 3.03. The number of rotatable bonds is 2. The Hall–Kier alpha value is -1.80. The van der Waals surface area contributed by atoms with Crippen LogP contribution in [-0.2, 0) is 13.1 Å². The molecule has 0 N–H and O–H groups in total. The van der Waals surface area contributed by atoms with Crippen molar-refractivity contribution in [3.63, 3.8) is 0 Å². The zero-order valence-electron chi connectivity index (χ0n) is 10.2. The van der Waals surface area contributed by atoms with Gasteiger partial charge in [-0.15, -0.1) is 22.7 Å². The molecular formula is C12H8N2O4S2. The fourth-order valence-electron chi connectivity index (χ4n) is 2.03. The van der Waals surface area contributed by atoms with Crippen LogP contribution in [-0.4, -0.2) is 9.13 Å². The van der Waals surface area contributed by atoms with Crippen LogP contribution < -0.4 is 22.2 Å². The smallest absolute Gasteiger partial charge is 0.272 e. The summed E-state index contributed by atoms with van der Waals surface area (Å²) in [6.45, 7) is 7.09. The summed E-state index contributed by atoms with van der Waals surface area (Å²) >= 11 is 1.79. The fraction of sp³-hybridized carbons (Fsp3) is 0.167. The predicted molar refractivity (Wildman–Crippen MR) is 80.2 cm³/mol. The van der Waals surface area contributed by atoms with Gasteiger partial charge in [0.25, 0.3) is 22.2 Å². The molecule has 0 aromatic carbocycles. The van der Waals surface area contributed by atoms with Gasteiger partial charge in [-0.2, -0.15) is 0 Å². The molecule has 0 amide bonds. The van der Waals surface area contributed by atoms with Gasteiger partial charge in [-0.05, 0) is 13.8 Å². The van der Waals surface area contributed by atoms with Gasteiger partial charge in [0.15, 0.2) is 0 Å². The maximum absolute atomic E-state index is 12.0. The number of fused-ring (bicyclic) bond motifs is 2. The largest absolute Gasteiger partial charge is 0.273 e. The van der Waals surface area contributed by atoms with Crippen molar-refractivity contribution >= 4 is 41.5 Å². The number of aromatic nitrogens is 2. The molecule has 3 rings (SSSR count).